The minimum atomic E-state index is -0.790. The predicted octanol–water partition coefficient (Wildman–Crippen LogP) is 3.91. The molecule has 0 heterocycles. The van der Waals surface area contributed by atoms with Crippen LogP contribution in [0.15, 0.2) is 53.4 Å². The van der Waals surface area contributed by atoms with E-state index in [1.165, 1.54) is 16.0 Å². The van der Waals surface area contributed by atoms with Crippen molar-refractivity contribution in [1.82, 2.24) is 0 Å². The molecule has 0 aliphatic rings. The Balaban J connectivity index is 1.92. The van der Waals surface area contributed by atoms with Crippen molar-refractivity contribution in [2.45, 2.75) is 24.0 Å². The first-order valence-electron chi connectivity index (χ1n) is 6.12. The number of hydrogen-bond donors (Lipinski definition) is 1. The Labute approximate surface area is 117 Å². The summed E-state index contributed by atoms with van der Waals surface area (Å²) in [4.78, 5) is 11.8. The van der Waals surface area contributed by atoms with E-state index in [0.717, 1.165) is 11.3 Å². The molecule has 0 fully saturated rings. The molecule has 2 aromatic rings. The zero-order valence-electron chi connectivity index (χ0n) is 10.8. The smallest absolute Gasteiger partial charge is 0.307 e. The molecule has 0 spiro atoms. The van der Waals surface area contributed by atoms with Gasteiger partial charge in [-0.1, -0.05) is 42.0 Å². The van der Waals surface area contributed by atoms with Gasteiger partial charge >= 0.3 is 5.97 Å². The molecule has 0 unspecified atom stereocenters. The van der Waals surface area contributed by atoms with Gasteiger partial charge in [-0.05, 0) is 30.2 Å². The average molecular weight is 272 g/mol. The molecule has 0 amide bonds. The van der Waals surface area contributed by atoms with Gasteiger partial charge < -0.3 is 5.11 Å². The second kappa shape index (κ2) is 6.43. The van der Waals surface area contributed by atoms with Gasteiger partial charge in [-0.15, -0.1) is 11.8 Å². The molecule has 0 saturated heterocycles. The van der Waals surface area contributed by atoms with E-state index in [9.17, 15) is 4.79 Å². The summed E-state index contributed by atoms with van der Waals surface area (Å²) < 4.78 is 0. The number of carboxylic acids is 1. The van der Waals surface area contributed by atoms with Gasteiger partial charge in [0.05, 0.1) is 6.42 Å². The molecule has 0 saturated carbocycles. The van der Waals surface area contributed by atoms with Gasteiger partial charge in [0, 0.05) is 10.6 Å². The highest BCUT2D eigenvalue weighted by molar-refractivity contribution is 7.98. The van der Waals surface area contributed by atoms with Crippen LogP contribution < -0.4 is 0 Å². The van der Waals surface area contributed by atoms with Gasteiger partial charge in [-0.2, -0.15) is 0 Å². The lowest BCUT2D eigenvalue weighted by molar-refractivity contribution is -0.136. The van der Waals surface area contributed by atoms with Crippen LogP contribution in [-0.4, -0.2) is 11.1 Å². The maximum atomic E-state index is 10.6. The van der Waals surface area contributed by atoms with Crippen LogP contribution in [0.1, 0.15) is 16.7 Å². The molecule has 19 heavy (non-hydrogen) atoms. The first-order valence-corrected chi connectivity index (χ1v) is 7.11. The number of benzene rings is 2. The van der Waals surface area contributed by atoms with Crippen LogP contribution in [-0.2, 0) is 17.0 Å². The van der Waals surface area contributed by atoms with Gasteiger partial charge in [0.1, 0.15) is 0 Å². The molecule has 0 aliphatic carbocycles. The van der Waals surface area contributed by atoms with Crippen LogP contribution in [0.2, 0.25) is 0 Å². The van der Waals surface area contributed by atoms with E-state index in [1.807, 2.05) is 24.3 Å². The maximum absolute atomic E-state index is 10.6. The summed E-state index contributed by atoms with van der Waals surface area (Å²) in [5.41, 5.74) is 3.32. The van der Waals surface area contributed by atoms with Gasteiger partial charge in [-0.25, -0.2) is 0 Å². The topological polar surface area (TPSA) is 37.3 Å². The molecule has 2 rings (SSSR count). The van der Waals surface area contributed by atoms with Crippen molar-refractivity contribution in [2.75, 3.05) is 0 Å². The van der Waals surface area contributed by atoms with Gasteiger partial charge in [0.2, 0.25) is 0 Å². The van der Waals surface area contributed by atoms with E-state index < -0.39 is 5.97 Å². The van der Waals surface area contributed by atoms with Crippen molar-refractivity contribution in [1.29, 1.82) is 0 Å². The second-order valence-corrected chi connectivity index (χ2v) is 5.54. The summed E-state index contributed by atoms with van der Waals surface area (Å²) in [6.45, 7) is 2.08. The zero-order valence-corrected chi connectivity index (χ0v) is 11.6. The van der Waals surface area contributed by atoms with E-state index in [2.05, 4.69) is 31.2 Å². The maximum Gasteiger partial charge on any atom is 0.307 e. The predicted molar refractivity (Wildman–Crippen MR) is 78.5 cm³/mol. The standard InChI is InChI=1S/C16H16O2S/c1-12-2-8-15(9-3-12)19-11-14-6-4-13(5-7-14)10-16(17)18/h2-9H,10-11H2,1H3,(H,17,18). The van der Waals surface area contributed by atoms with Crippen molar-refractivity contribution in [3.63, 3.8) is 0 Å². The van der Waals surface area contributed by atoms with Crippen LogP contribution in [0, 0.1) is 6.92 Å². The SMILES string of the molecule is Cc1ccc(SCc2ccc(CC(=O)O)cc2)cc1. The van der Waals surface area contributed by atoms with Gasteiger partial charge in [0.15, 0.2) is 0 Å². The Bertz CT molecular complexity index is 544. The summed E-state index contributed by atoms with van der Waals surface area (Å²) in [6, 6.07) is 16.2. The molecule has 2 aromatic carbocycles. The van der Waals surface area contributed by atoms with Crippen LogP contribution in [0.4, 0.5) is 0 Å². The Morgan fingerprint density at radius 3 is 2.16 bits per heavy atom. The summed E-state index contributed by atoms with van der Waals surface area (Å²) in [6.07, 6.45) is 0.0887. The highest BCUT2D eigenvalue weighted by atomic mass is 32.2. The van der Waals surface area contributed by atoms with Crippen LogP contribution >= 0.6 is 11.8 Å². The average Bonchev–Trinajstić information content (AvgIpc) is 2.39. The number of aliphatic carboxylic acids is 1. The fourth-order valence-corrected chi connectivity index (χ4v) is 2.58. The molecule has 2 nitrogen and oxygen atoms in total. The third-order valence-corrected chi connectivity index (χ3v) is 3.89. The highest BCUT2D eigenvalue weighted by Gasteiger charge is 2.01. The van der Waals surface area contributed by atoms with Crippen LogP contribution in [0.5, 0.6) is 0 Å². The number of thioether (sulfide) groups is 1. The van der Waals surface area contributed by atoms with E-state index >= 15 is 0 Å². The highest BCUT2D eigenvalue weighted by Crippen LogP contribution is 2.23. The normalized spacial score (nSPS) is 10.4. The zero-order chi connectivity index (χ0) is 13.7. The fraction of sp³-hybridized carbons (Fsp3) is 0.188. The number of rotatable bonds is 5. The Morgan fingerprint density at radius 2 is 1.58 bits per heavy atom. The monoisotopic (exact) mass is 272 g/mol. The number of carbonyl (C=O) groups is 1. The van der Waals surface area contributed by atoms with Crippen molar-refractivity contribution >= 4 is 17.7 Å². The number of hydrogen-bond acceptors (Lipinski definition) is 2. The quantitative estimate of drug-likeness (QED) is 0.838. The minimum absolute atomic E-state index is 0.0887. The van der Waals surface area contributed by atoms with Crippen molar-refractivity contribution in [3.05, 3.63) is 65.2 Å². The van der Waals surface area contributed by atoms with Crippen LogP contribution in [0.25, 0.3) is 0 Å². The van der Waals surface area contributed by atoms with Crippen molar-refractivity contribution in [3.8, 4) is 0 Å². The lowest BCUT2D eigenvalue weighted by atomic mass is 10.1. The first-order chi connectivity index (χ1) is 9.13. The van der Waals surface area contributed by atoms with Crippen molar-refractivity contribution < 1.29 is 9.90 Å². The van der Waals surface area contributed by atoms with E-state index in [0.29, 0.717) is 0 Å². The lowest BCUT2D eigenvalue weighted by Gasteiger charge is -2.04. The first kappa shape index (κ1) is 13.7. The number of aryl methyl sites for hydroxylation is 1. The van der Waals surface area contributed by atoms with E-state index in [1.54, 1.807) is 11.8 Å². The number of carboxylic acid groups (broad SMARTS) is 1. The molecule has 0 atom stereocenters. The molecular formula is C16H16O2S. The second-order valence-electron chi connectivity index (χ2n) is 4.49. The van der Waals surface area contributed by atoms with Gasteiger partial charge in [0.25, 0.3) is 0 Å². The molecule has 0 radical (unpaired) electrons. The third-order valence-electron chi connectivity index (χ3n) is 2.80. The molecular weight excluding hydrogens is 256 g/mol. The van der Waals surface area contributed by atoms with Crippen LogP contribution in [0.3, 0.4) is 0 Å². The largest absolute Gasteiger partial charge is 0.481 e. The lowest BCUT2D eigenvalue weighted by Crippen LogP contribution is -1.99. The molecule has 0 aromatic heterocycles. The molecule has 98 valence electrons. The van der Waals surface area contributed by atoms with E-state index in [-0.39, 0.29) is 6.42 Å². The third kappa shape index (κ3) is 4.45. The Morgan fingerprint density at radius 1 is 1.00 bits per heavy atom. The summed E-state index contributed by atoms with van der Waals surface area (Å²) >= 11 is 1.79. The van der Waals surface area contributed by atoms with E-state index in [4.69, 9.17) is 5.11 Å². The summed E-state index contributed by atoms with van der Waals surface area (Å²) in [5, 5.41) is 8.71. The molecule has 0 bridgehead atoms. The Kier molecular flexibility index (Phi) is 4.63. The Hall–Kier alpha value is -1.74. The summed E-state index contributed by atoms with van der Waals surface area (Å²) in [7, 11) is 0. The molecule has 0 aliphatic heterocycles. The minimum Gasteiger partial charge on any atom is -0.481 e. The van der Waals surface area contributed by atoms with Crippen molar-refractivity contribution in [2.24, 2.45) is 0 Å². The summed E-state index contributed by atoms with van der Waals surface area (Å²) in [5.74, 6) is 0.109. The molecule has 1 N–H and O–H groups in total. The molecule has 3 heteroatoms. The fourth-order valence-electron chi connectivity index (χ4n) is 1.73. The van der Waals surface area contributed by atoms with Gasteiger partial charge in [-0.3, -0.25) is 4.79 Å².